The highest BCUT2D eigenvalue weighted by molar-refractivity contribution is 7.98. The number of nitrogens with one attached hydrogen (secondary N) is 1. The van der Waals surface area contributed by atoms with E-state index in [1.54, 1.807) is 0 Å². The Morgan fingerprint density at radius 3 is 2.74 bits per heavy atom. The fourth-order valence-corrected chi connectivity index (χ4v) is 5.51. The molecule has 2 N–H and O–H groups in total. The second-order valence-corrected chi connectivity index (χ2v) is 8.51. The number of rotatable bonds is 7. The molecule has 27 heavy (non-hydrogen) atoms. The zero-order valence-electron chi connectivity index (χ0n) is 15.0. The Morgan fingerprint density at radius 1 is 1.15 bits per heavy atom. The minimum Gasteiger partial charge on any atom is -0.478 e. The molecule has 1 aromatic carbocycles. The minimum atomic E-state index is -1.00. The lowest BCUT2D eigenvalue weighted by atomic mass is 9.89. The molecule has 2 aliphatic carbocycles. The van der Waals surface area contributed by atoms with E-state index in [0.29, 0.717) is 23.0 Å². The van der Waals surface area contributed by atoms with Gasteiger partial charge in [-0.3, -0.25) is 4.79 Å². The van der Waals surface area contributed by atoms with Gasteiger partial charge in [0.2, 0.25) is 0 Å². The Bertz CT molecular complexity index is 846. The van der Waals surface area contributed by atoms with Crippen LogP contribution in [-0.2, 0) is 5.75 Å². The Labute approximate surface area is 162 Å². The zero-order chi connectivity index (χ0) is 18.8. The van der Waals surface area contributed by atoms with E-state index < -0.39 is 5.97 Å². The van der Waals surface area contributed by atoms with Gasteiger partial charge in [0.1, 0.15) is 11.3 Å². The van der Waals surface area contributed by atoms with Gasteiger partial charge in [-0.15, -0.1) is 11.8 Å². The maximum atomic E-state index is 12.7. The van der Waals surface area contributed by atoms with Crippen LogP contribution in [-0.4, -0.2) is 23.5 Å². The summed E-state index contributed by atoms with van der Waals surface area (Å²) >= 11 is 1.42. The SMILES string of the molecule is O=C(NCC1CC2CCC1C2)c1ccccc1SCc1occc1C(=O)O. The normalized spacial score (nSPS) is 23.5. The van der Waals surface area contributed by atoms with Gasteiger partial charge in [-0.1, -0.05) is 18.6 Å². The van der Waals surface area contributed by atoms with Crippen LogP contribution in [0.4, 0.5) is 0 Å². The molecule has 1 aromatic heterocycles. The number of furan rings is 1. The molecule has 0 spiro atoms. The first-order valence-corrected chi connectivity index (χ1v) is 10.4. The highest BCUT2D eigenvalue weighted by Crippen LogP contribution is 2.48. The van der Waals surface area contributed by atoms with Crippen molar-refractivity contribution in [2.45, 2.75) is 36.3 Å². The van der Waals surface area contributed by atoms with E-state index in [-0.39, 0.29) is 11.5 Å². The van der Waals surface area contributed by atoms with Crippen molar-refractivity contribution in [3.05, 3.63) is 53.5 Å². The minimum absolute atomic E-state index is 0.0567. The lowest BCUT2D eigenvalue weighted by Gasteiger charge is -2.22. The predicted molar refractivity (Wildman–Crippen MR) is 103 cm³/mol. The van der Waals surface area contributed by atoms with Crippen LogP contribution in [0.15, 0.2) is 45.9 Å². The fraction of sp³-hybridized carbons (Fsp3) is 0.429. The van der Waals surface area contributed by atoms with Crippen molar-refractivity contribution in [3.63, 3.8) is 0 Å². The molecule has 1 heterocycles. The van der Waals surface area contributed by atoms with Crippen LogP contribution in [0.1, 0.15) is 52.2 Å². The van der Waals surface area contributed by atoms with E-state index in [1.165, 1.54) is 49.8 Å². The molecule has 142 valence electrons. The van der Waals surface area contributed by atoms with Crippen molar-refractivity contribution < 1.29 is 19.1 Å². The van der Waals surface area contributed by atoms with Crippen LogP contribution < -0.4 is 5.32 Å². The fourth-order valence-electron chi connectivity index (χ4n) is 4.51. The van der Waals surface area contributed by atoms with Crippen molar-refractivity contribution in [2.75, 3.05) is 6.54 Å². The molecule has 4 rings (SSSR count). The average molecular weight is 385 g/mol. The Kier molecular flexibility index (Phi) is 5.25. The summed E-state index contributed by atoms with van der Waals surface area (Å²) in [7, 11) is 0. The van der Waals surface area contributed by atoms with Gasteiger partial charge in [0, 0.05) is 11.4 Å². The van der Waals surface area contributed by atoms with E-state index in [0.717, 1.165) is 23.3 Å². The van der Waals surface area contributed by atoms with Crippen molar-refractivity contribution in [2.24, 2.45) is 17.8 Å². The van der Waals surface area contributed by atoms with Gasteiger partial charge < -0.3 is 14.8 Å². The van der Waals surface area contributed by atoms with Gasteiger partial charge in [-0.05, 0) is 55.2 Å². The van der Waals surface area contributed by atoms with Crippen LogP contribution in [0, 0.1) is 17.8 Å². The van der Waals surface area contributed by atoms with Crippen molar-refractivity contribution in [1.29, 1.82) is 0 Å². The Hall–Kier alpha value is -2.21. The van der Waals surface area contributed by atoms with Crippen LogP contribution >= 0.6 is 11.8 Å². The molecular weight excluding hydrogens is 362 g/mol. The molecule has 2 aromatic rings. The third kappa shape index (κ3) is 3.90. The smallest absolute Gasteiger partial charge is 0.339 e. The Balaban J connectivity index is 1.39. The molecule has 1 amide bonds. The van der Waals surface area contributed by atoms with Crippen LogP contribution in [0.5, 0.6) is 0 Å². The molecule has 3 unspecified atom stereocenters. The van der Waals surface area contributed by atoms with Gasteiger partial charge >= 0.3 is 5.97 Å². The summed E-state index contributed by atoms with van der Waals surface area (Å²) in [4.78, 5) is 24.8. The van der Waals surface area contributed by atoms with Crippen LogP contribution in [0.2, 0.25) is 0 Å². The molecule has 2 aliphatic rings. The van der Waals surface area contributed by atoms with E-state index in [4.69, 9.17) is 4.42 Å². The topological polar surface area (TPSA) is 79.5 Å². The van der Waals surface area contributed by atoms with Gasteiger partial charge in [0.25, 0.3) is 5.91 Å². The number of carboxylic acids is 1. The maximum Gasteiger partial charge on any atom is 0.339 e. The molecular formula is C21H23NO4S. The molecule has 2 saturated carbocycles. The first kappa shape index (κ1) is 18.2. The van der Waals surface area contributed by atoms with Crippen LogP contribution in [0.25, 0.3) is 0 Å². The predicted octanol–water partition coefficient (Wildman–Crippen LogP) is 4.44. The molecule has 2 fully saturated rings. The summed E-state index contributed by atoms with van der Waals surface area (Å²) in [5, 5.41) is 12.3. The standard InChI is InChI=1S/C21H23NO4S/c23-20(22-11-15-10-13-5-6-14(15)9-13)17-3-1-2-4-19(17)27-12-18-16(21(24)25)7-8-26-18/h1-4,7-8,13-15H,5-6,9-12H2,(H,22,23)(H,24,25). The molecule has 0 radical (unpaired) electrons. The number of benzene rings is 1. The first-order chi connectivity index (χ1) is 13.1. The van der Waals surface area contributed by atoms with Crippen molar-refractivity contribution in [3.8, 4) is 0 Å². The number of amides is 1. The van der Waals surface area contributed by atoms with E-state index in [9.17, 15) is 14.7 Å². The number of hydrogen-bond donors (Lipinski definition) is 2. The summed E-state index contributed by atoms with van der Waals surface area (Å²) in [6.07, 6.45) is 6.64. The lowest BCUT2D eigenvalue weighted by Crippen LogP contribution is -2.31. The zero-order valence-corrected chi connectivity index (χ0v) is 15.8. The summed E-state index contributed by atoms with van der Waals surface area (Å²) in [5.74, 6) is 1.99. The lowest BCUT2D eigenvalue weighted by molar-refractivity contribution is 0.0694. The number of fused-ring (bicyclic) bond motifs is 2. The molecule has 0 aliphatic heterocycles. The Morgan fingerprint density at radius 2 is 2.00 bits per heavy atom. The average Bonchev–Trinajstić information content (AvgIpc) is 3.41. The summed E-state index contributed by atoms with van der Waals surface area (Å²) < 4.78 is 5.29. The van der Waals surface area contributed by atoms with Gasteiger partial charge in [-0.2, -0.15) is 0 Å². The molecule has 3 atom stereocenters. The van der Waals surface area contributed by atoms with Gasteiger partial charge in [-0.25, -0.2) is 4.79 Å². The second-order valence-electron chi connectivity index (χ2n) is 7.49. The van der Waals surface area contributed by atoms with Crippen LogP contribution in [0.3, 0.4) is 0 Å². The largest absolute Gasteiger partial charge is 0.478 e. The third-order valence-corrected chi connectivity index (χ3v) is 6.95. The number of carbonyl (C=O) groups is 2. The molecule has 6 heteroatoms. The number of thioether (sulfide) groups is 1. The maximum absolute atomic E-state index is 12.7. The number of aromatic carboxylic acids is 1. The van der Waals surface area contributed by atoms with E-state index in [2.05, 4.69) is 5.32 Å². The molecule has 0 saturated heterocycles. The first-order valence-electron chi connectivity index (χ1n) is 9.41. The molecule has 5 nitrogen and oxygen atoms in total. The van der Waals surface area contributed by atoms with Gasteiger partial charge in [0.15, 0.2) is 0 Å². The van der Waals surface area contributed by atoms with Crippen molar-refractivity contribution in [1.82, 2.24) is 5.32 Å². The third-order valence-electron chi connectivity index (χ3n) is 5.88. The monoisotopic (exact) mass is 385 g/mol. The number of carbonyl (C=O) groups excluding carboxylic acids is 1. The summed E-state index contributed by atoms with van der Waals surface area (Å²) in [6, 6.07) is 8.90. The van der Waals surface area contributed by atoms with E-state index >= 15 is 0 Å². The van der Waals surface area contributed by atoms with E-state index in [1.807, 2.05) is 24.3 Å². The second kappa shape index (κ2) is 7.80. The van der Waals surface area contributed by atoms with Gasteiger partial charge in [0.05, 0.1) is 17.6 Å². The number of carboxylic acid groups (broad SMARTS) is 1. The number of hydrogen-bond acceptors (Lipinski definition) is 4. The highest BCUT2D eigenvalue weighted by atomic mass is 32.2. The highest BCUT2D eigenvalue weighted by Gasteiger charge is 2.39. The molecule has 2 bridgehead atoms. The summed E-state index contributed by atoms with van der Waals surface area (Å²) in [5.41, 5.74) is 0.801. The quantitative estimate of drug-likeness (QED) is 0.689. The van der Waals surface area contributed by atoms with Crippen molar-refractivity contribution >= 4 is 23.6 Å². The summed E-state index contributed by atoms with van der Waals surface area (Å²) in [6.45, 7) is 0.750.